The number of hydrogen-bond acceptors (Lipinski definition) is 7. The van der Waals surface area contributed by atoms with Crippen LogP contribution in [0, 0.1) is 0 Å². The summed E-state index contributed by atoms with van der Waals surface area (Å²) < 4.78 is 34.2. The zero-order valence-corrected chi connectivity index (χ0v) is 35.5. The molecule has 0 aliphatic rings. The Bertz CT molecular complexity index is 907. The van der Waals surface area contributed by atoms with E-state index in [4.69, 9.17) is 18.5 Å². The van der Waals surface area contributed by atoms with Crippen LogP contribution in [0.2, 0.25) is 0 Å². The van der Waals surface area contributed by atoms with E-state index in [-0.39, 0.29) is 25.6 Å². The number of carbonyl (C=O) groups excluding carboxylic acids is 2. The van der Waals surface area contributed by atoms with Crippen LogP contribution in [0.4, 0.5) is 0 Å². The second-order valence-corrected chi connectivity index (χ2v) is 17.2. The van der Waals surface area contributed by atoms with Gasteiger partial charge in [-0.2, -0.15) is 0 Å². The predicted molar refractivity (Wildman–Crippen MR) is 215 cm³/mol. The minimum Gasteiger partial charge on any atom is -0.462 e. The first kappa shape index (κ1) is 50.8. The number of quaternary nitrogens is 1. The summed E-state index contributed by atoms with van der Waals surface area (Å²) in [5, 5.41) is 0. The average molecular weight is 761 g/mol. The maximum Gasteiger partial charge on any atom is 0.472 e. The standard InChI is InChI=1S/C42H82NO8P/c1-6-8-10-12-14-16-18-20-21-23-25-27-29-31-33-35-42(45)51-40(39-50-52(46,47)49-37-36-43(3,4)5)38-48-41(44)34-32-30-28-26-24-22-19-17-15-13-11-9-7-2/h25,27,40H,6-24,26,28-39H2,1-5H3/p+1/b27-25-. The molecule has 0 heterocycles. The molecular weight excluding hydrogens is 677 g/mol. The van der Waals surface area contributed by atoms with E-state index in [1.54, 1.807) is 0 Å². The van der Waals surface area contributed by atoms with Crippen LogP contribution in [0.3, 0.4) is 0 Å². The molecule has 9 nitrogen and oxygen atoms in total. The van der Waals surface area contributed by atoms with E-state index in [2.05, 4.69) is 26.0 Å². The number of nitrogens with zero attached hydrogens (tertiary/aromatic N) is 1. The lowest BCUT2D eigenvalue weighted by atomic mass is 10.0. The lowest BCUT2D eigenvalue weighted by Gasteiger charge is -2.24. The van der Waals surface area contributed by atoms with Crippen LogP contribution in [0.15, 0.2) is 12.2 Å². The van der Waals surface area contributed by atoms with Crippen LogP contribution < -0.4 is 0 Å². The van der Waals surface area contributed by atoms with Crippen molar-refractivity contribution in [2.75, 3.05) is 47.5 Å². The first-order valence-electron chi connectivity index (χ1n) is 21.4. The van der Waals surface area contributed by atoms with E-state index >= 15 is 0 Å². The van der Waals surface area contributed by atoms with E-state index < -0.39 is 26.5 Å². The van der Waals surface area contributed by atoms with Crippen molar-refractivity contribution in [3.05, 3.63) is 12.2 Å². The van der Waals surface area contributed by atoms with Gasteiger partial charge >= 0.3 is 19.8 Å². The molecule has 0 radical (unpaired) electrons. The van der Waals surface area contributed by atoms with Gasteiger partial charge in [-0.25, -0.2) is 4.57 Å². The molecule has 0 aromatic heterocycles. The smallest absolute Gasteiger partial charge is 0.462 e. The minimum absolute atomic E-state index is 0.0312. The summed E-state index contributed by atoms with van der Waals surface area (Å²) in [4.78, 5) is 35.3. The molecule has 0 fully saturated rings. The number of phosphoric ester groups is 1. The second kappa shape index (κ2) is 35.5. The van der Waals surface area contributed by atoms with Crippen LogP contribution in [0.25, 0.3) is 0 Å². The lowest BCUT2D eigenvalue weighted by molar-refractivity contribution is -0.870. The molecule has 0 aromatic carbocycles. The van der Waals surface area contributed by atoms with Gasteiger partial charge in [0.2, 0.25) is 0 Å². The molecule has 10 heteroatoms. The van der Waals surface area contributed by atoms with Crippen LogP contribution in [0.5, 0.6) is 0 Å². The molecule has 52 heavy (non-hydrogen) atoms. The third kappa shape index (κ3) is 38.5. The number of carbonyl (C=O) groups is 2. The predicted octanol–water partition coefficient (Wildman–Crippen LogP) is 11.8. The Morgan fingerprint density at radius 3 is 1.46 bits per heavy atom. The third-order valence-electron chi connectivity index (χ3n) is 9.30. The van der Waals surface area contributed by atoms with Crippen molar-refractivity contribution in [2.45, 2.75) is 200 Å². The second-order valence-electron chi connectivity index (χ2n) is 15.7. The molecule has 0 aromatic rings. The SMILES string of the molecule is CCCCCCCCCCC/C=C\CCCCC(=O)OC(COC(=O)CCCCCCCCCCCCCCC)COP(=O)(O)OCC[N+](C)(C)C. The molecule has 0 saturated carbocycles. The van der Waals surface area contributed by atoms with E-state index in [0.29, 0.717) is 23.9 Å². The molecule has 0 bridgehead atoms. The fraction of sp³-hybridized carbons (Fsp3) is 0.905. The number of hydrogen-bond donors (Lipinski definition) is 1. The van der Waals surface area contributed by atoms with Gasteiger partial charge < -0.3 is 18.9 Å². The van der Waals surface area contributed by atoms with E-state index in [9.17, 15) is 19.0 Å². The Morgan fingerprint density at radius 1 is 0.577 bits per heavy atom. The van der Waals surface area contributed by atoms with Gasteiger partial charge in [0.25, 0.3) is 0 Å². The molecule has 2 unspecified atom stereocenters. The minimum atomic E-state index is -4.37. The fourth-order valence-electron chi connectivity index (χ4n) is 5.89. The van der Waals surface area contributed by atoms with Crippen molar-refractivity contribution in [2.24, 2.45) is 0 Å². The van der Waals surface area contributed by atoms with Gasteiger partial charge in [0, 0.05) is 12.8 Å². The van der Waals surface area contributed by atoms with Crippen LogP contribution >= 0.6 is 7.82 Å². The van der Waals surface area contributed by atoms with Gasteiger partial charge in [-0.1, -0.05) is 154 Å². The Balaban J connectivity index is 4.39. The number of likely N-dealkylation sites (N-methyl/N-ethyl adjacent to an activating group) is 1. The highest BCUT2D eigenvalue weighted by atomic mass is 31.2. The van der Waals surface area contributed by atoms with Crippen molar-refractivity contribution in [3.63, 3.8) is 0 Å². The summed E-state index contributed by atoms with van der Waals surface area (Å²) in [6.07, 6.45) is 35.4. The van der Waals surface area contributed by atoms with Gasteiger partial charge in [0.05, 0.1) is 27.7 Å². The van der Waals surface area contributed by atoms with Crippen molar-refractivity contribution in [3.8, 4) is 0 Å². The maximum absolute atomic E-state index is 12.6. The maximum atomic E-state index is 12.6. The number of unbranched alkanes of at least 4 members (excludes halogenated alkanes) is 23. The largest absolute Gasteiger partial charge is 0.472 e. The molecule has 0 aliphatic heterocycles. The normalized spacial score (nSPS) is 13.7. The van der Waals surface area contributed by atoms with Gasteiger partial charge in [-0.05, 0) is 38.5 Å². The molecule has 0 rings (SSSR count). The van der Waals surface area contributed by atoms with Crippen LogP contribution in [-0.4, -0.2) is 74.9 Å². The van der Waals surface area contributed by atoms with Gasteiger partial charge in [0.15, 0.2) is 6.10 Å². The summed E-state index contributed by atoms with van der Waals surface area (Å²) in [5.74, 6) is -0.816. The van der Waals surface area contributed by atoms with E-state index in [0.717, 1.165) is 38.5 Å². The molecule has 0 amide bonds. The highest BCUT2D eigenvalue weighted by Gasteiger charge is 2.27. The lowest BCUT2D eigenvalue weighted by Crippen LogP contribution is -2.37. The van der Waals surface area contributed by atoms with Gasteiger partial charge in [-0.3, -0.25) is 18.6 Å². The Morgan fingerprint density at radius 2 is 0.981 bits per heavy atom. The fourth-order valence-corrected chi connectivity index (χ4v) is 6.63. The van der Waals surface area contributed by atoms with E-state index in [1.807, 2.05) is 21.1 Å². The Kier molecular flexibility index (Phi) is 34.6. The zero-order chi connectivity index (χ0) is 38.6. The highest BCUT2D eigenvalue weighted by molar-refractivity contribution is 7.47. The number of ether oxygens (including phenoxy) is 2. The van der Waals surface area contributed by atoms with Crippen molar-refractivity contribution >= 4 is 19.8 Å². The van der Waals surface area contributed by atoms with E-state index in [1.165, 1.54) is 122 Å². The van der Waals surface area contributed by atoms with Crippen molar-refractivity contribution < 1.29 is 42.1 Å². The third-order valence-corrected chi connectivity index (χ3v) is 10.3. The Labute approximate surface area is 320 Å². The number of esters is 2. The summed E-state index contributed by atoms with van der Waals surface area (Å²) in [7, 11) is 1.47. The number of phosphoric acid groups is 1. The summed E-state index contributed by atoms with van der Waals surface area (Å²) >= 11 is 0. The molecule has 1 N–H and O–H groups in total. The average Bonchev–Trinajstić information content (AvgIpc) is 3.09. The topological polar surface area (TPSA) is 108 Å². The summed E-state index contributed by atoms with van der Waals surface area (Å²) in [6, 6.07) is 0. The molecule has 0 saturated heterocycles. The van der Waals surface area contributed by atoms with Crippen molar-refractivity contribution in [1.29, 1.82) is 0 Å². The molecule has 0 spiro atoms. The Hall–Kier alpha value is -1.25. The first-order chi connectivity index (χ1) is 25.0. The van der Waals surface area contributed by atoms with Crippen molar-refractivity contribution in [1.82, 2.24) is 0 Å². The summed E-state index contributed by atoms with van der Waals surface area (Å²) in [6.45, 7) is 4.41. The first-order valence-corrected chi connectivity index (χ1v) is 22.9. The van der Waals surface area contributed by atoms with Gasteiger partial charge in [-0.15, -0.1) is 0 Å². The van der Waals surface area contributed by atoms with Gasteiger partial charge in [0.1, 0.15) is 19.8 Å². The van der Waals surface area contributed by atoms with Crippen LogP contribution in [0.1, 0.15) is 194 Å². The highest BCUT2D eigenvalue weighted by Crippen LogP contribution is 2.43. The molecule has 0 aliphatic carbocycles. The monoisotopic (exact) mass is 761 g/mol. The quantitative estimate of drug-likeness (QED) is 0.0217. The zero-order valence-electron chi connectivity index (χ0n) is 34.6. The summed E-state index contributed by atoms with van der Waals surface area (Å²) in [5.41, 5.74) is 0. The van der Waals surface area contributed by atoms with Crippen LogP contribution in [-0.2, 0) is 32.7 Å². The molecule has 308 valence electrons. The molecule has 2 atom stereocenters. The number of allylic oxidation sites excluding steroid dienone is 2. The molecular formula is C42H83NO8P+. The number of rotatable bonds is 39.